The Morgan fingerprint density at radius 1 is 1.28 bits per heavy atom. The van der Waals surface area contributed by atoms with Crippen LogP contribution in [0.15, 0.2) is 30.6 Å². The van der Waals surface area contributed by atoms with Crippen molar-refractivity contribution < 1.29 is 14.3 Å². The molecule has 1 aliphatic rings. The van der Waals surface area contributed by atoms with Crippen molar-refractivity contribution in [1.29, 1.82) is 0 Å². The van der Waals surface area contributed by atoms with Gasteiger partial charge in [-0.15, -0.1) is 11.3 Å². The molecule has 1 saturated heterocycles. The van der Waals surface area contributed by atoms with E-state index in [2.05, 4.69) is 21.4 Å². The first kappa shape index (κ1) is 22.0. The smallest absolute Gasteiger partial charge is 0.264 e. The van der Waals surface area contributed by atoms with Gasteiger partial charge in [0, 0.05) is 25.6 Å². The number of thiophene rings is 1. The third kappa shape index (κ3) is 4.52. The molecule has 0 saturated carbocycles. The van der Waals surface area contributed by atoms with Crippen LogP contribution in [-0.2, 0) is 11.2 Å². The summed E-state index contributed by atoms with van der Waals surface area (Å²) in [5.41, 5.74) is 7.47. The molecular formula is C23H27N5O3S. The molecule has 1 aliphatic heterocycles. The predicted octanol–water partition coefficient (Wildman–Crippen LogP) is 3.00. The van der Waals surface area contributed by atoms with Crippen molar-refractivity contribution in [3.8, 4) is 5.75 Å². The Morgan fingerprint density at radius 2 is 2.06 bits per heavy atom. The number of carbonyl (C=O) groups is 2. The lowest BCUT2D eigenvalue weighted by Gasteiger charge is -2.30. The number of amides is 2. The minimum absolute atomic E-state index is 0.0178. The molecule has 32 heavy (non-hydrogen) atoms. The van der Waals surface area contributed by atoms with Gasteiger partial charge in [0.05, 0.1) is 17.4 Å². The van der Waals surface area contributed by atoms with Gasteiger partial charge in [-0.05, 0) is 49.4 Å². The highest BCUT2D eigenvalue weighted by Gasteiger charge is 2.29. The lowest BCUT2D eigenvalue weighted by Crippen LogP contribution is -2.41. The topological polar surface area (TPSA) is 110 Å². The molecule has 0 radical (unpaired) electrons. The first-order valence-corrected chi connectivity index (χ1v) is 11.5. The number of aryl methyl sites for hydroxylation is 1. The van der Waals surface area contributed by atoms with Gasteiger partial charge in [0.1, 0.15) is 22.7 Å². The van der Waals surface area contributed by atoms with Gasteiger partial charge in [0.15, 0.2) is 0 Å². The maximum atomic E-state index is 13.2. The highest BCUT2D eigenvalue weighted by Crippen LogP contribution is 2.34. The SMILES string of the molecule is COc1cccc(CCNc2ncnc3sc(C(=O)N4CCC(C(N)=O)CC4)c(C)c23)c1. The fourth-order valence-electron chi connectivity index (χ4n) is 4.07. The number of nitrogens with two attached hydrogens (primary N) is 1. The second-order valence-electron chi connectivity index (χ2n) is 7.96. The molecule has 1 aromatic carbocycles. The number of rotatable bonds is 7. The van der Waals surface area contributed by atoms with Gasteiger partial charge in [-0.2, -0.15) is 0 Å². The number of benzene rings is 1. The van der Waals surface area contributed by atoms with E-state index in [9.17, 15) is 9.59 Å². The Morgan fingerprint density at radius 3 is 2.78 bits per heavy atom. The van der Waals surface area contributed by atoms with Crippen molar-refractivity contribution in [2.75, 3.05) is 32.1 Å². The van der Waals surface area contributed by atoms with Gasteiger partial charge in [-0.25, -0.2) is 9.97 Å². The highest BCUT2D eigenvalue weighted by atomic mass is 32.1. The van der Waals surface area contributed by atoms with E-state index in [-0.39, 0.29) is 17.7 Å². The number of carbonyl (C=O) groups excluding carboxylic acids is 2. The first-order valence-electron chi connectivity index (χ1n) is 10.7. The second-order valence-corrected chi connectivity index (χ2v) is 8.95. The number of fused-ring (bicyclic) bond motifs is 1. The Bertz CT molecular complexity index is 1140. The summed E-state index contributed by atoms with van der Waals surface area (Å²) < 4.78 is 5.29. The van der Waals surface area contributed by atoms with Crippen LogP contribution in [0.2, 0.25) is 0 Å². The normalized spacial score (nSPS) is 14.5. The Balaban J connectivity index is 1.48. The van der Waals surface area contributed by atoms with Crippen LogP contribution in [0.3, 0.4) is 0 Å². The van der Waals surface area contributed by atoms with Gasteiger partial charge >= 0.3 is 0 Å². The molecule has 2 aromatic heterocycles. The van der Waals surface area contributed by atoms with E-state index in [4.69, 9.17) is 10.5 Å². The first-order chi connectivity index (χ1) is 15.5. The van der Waals surface area contributed by atoms with Gasteiger partial charge in [-0.3, -0.25) is 9.59 Å². The molecule has 0 unspecified atom stereocenters. The summed E-state index contributed by atoms with van der Waals surface area (Å²) in [4.78, 5) is 36.7. The fraction of sp³-hybridized carbons (Fsp3) is 0.391. The number of aromatic nitrogens is 2. The van der Waals surface area contributed by atoms with E-state index in [0.717, 1.165) is 33.8 Å². The number of hydrogen-bond donors (Lipinski definition) is 2. The molecule has 0 spiro atoms. The zero-order valence-corrected chi connectivity index (χ0v) is 19.1. The van der Waals surface area contributed by atoms with Crippen LogP contribution in [0.4, 0.5) is 5.82 Å². The number of ether oxygens (including phenoxy) is 1. The molecule has 9 heteroatoms. The molecule has 168 valence electrons. The van der Waals surface area contributed by atoms with Gasteiger partial charge in [0.2, 0.25) is 5.91 Å². The summed E-state index contributed by atoms with van der Waals surface area (Å²) in [5.74, 6) is 1.13. The molecule has 0 bridgehead atoms. The van der Waals surface area contributed by atoms with Crippen LogP contribution in [0.25, 0.3) is 10.2 Å². The molecule has 8 nitrogen and oxygen atoms in total. The van der Waals surface area contributed by atoms with E-state index in [1.54, 1.807) is 12.0 Å². The molecule has 3 N–H and O–H groups in total. The van der Waals surface area contributed by atoms with Crippen LogP contribution < -0.4 is 15.8 Å². The van der Waals surface area contributed by atoms with Crippen LogP contribution in [0, 0.1) is 12.8 Å². The lowest BCUT2D eigenvalue weighted by atomic mass is 9.96. The summed E-state index contributed by atoms with van der Waals surface area (Å²) in [5, 5.41) is 4.29. The number of likely N-dealkylation sites (tertiary alicyclic amines) is 1. The fourth-order valence-corrected chi connectivity index (χ4v) is 5.19. The maximum absolute atomic E-state index is 13.2. The summed E-state index contributed by atoms with van der Waals surface area (Å²) >= 11 is 1.39. The summed E-state index contributed by atoms with van der Waals surface area (Å²) in [6.07, 6.45) is 3.56. The quantitative estimate of drug-likeness (QED) is 0.569. The van der Waals surface area contributed by atoms with Gasteiger partial charge in [0.25, 0.3) is 5.91 Å². The van der Waals surface area contributed by atoms with E-state index in [1.165, 1.54) is 23.2 Å². The number of methoxy groups -OCH3 is 1. The van der Waals surface area contributed by atoms with Crippen LogP contribution in [-0.4, -0.2) is 53.4 Å². The number of piperidine rings is 1. The summed E-state index contributed by atoms with van der Waals surface area (Å²) in [6.45, 7) is 3.71. The molecule has 1 fully saturated rings. The lowest BCUT2D eigenvalue weighted by molar-refractivity contribution is -0.123. The van der Waals surface area contributed by atoms with Crippen molar-refractivity contribution in [2.24, 2.45) is 11.7 Å². The molecule has 0 atom stereocenters. The van der Waals surface area contributed by atoms with Crippen molar-refractivity contribution in [3.63, 3.8) is 0 Å². The van der Waals surface area contributed by atoms with Crippen molar-refractivity contribution in [2.45, 2.75) is 26.2 Å². The zero-order chi connectivity index (χ0) is 22.7. The molecule has 4 rings (SSSR count). The third-order valence-electron chi connectivity index (χ3n) is 5.95. The van der Waals surface area contributed by atoms with Crippen LogP contribution in [0.1, 0.15) is 33.6 Å². The van der Waals surface area contributed by atoms with Gasteiger partial charge in [-0.1, -0.05) is 12.1 Å². The average Bonchev–Trinajstić information content (AvgIpc) is 3.16. The van der Waals surface area contributed by atoms with Crippen molar-refractivity contribution in [1.82, 2.24) is 14.9 Å². The molecule has 3 aromatic rings. The van der Waals surface area contributed by atoms with Crippen LogP contribution in [0.5, 0.6) is 5.75 Å². The monoisotopic (exact) mass is 453 g/mol. The Labute approximate surface area is 190 Å². The number of nitrogens with zero attached hydrogens (tertiary/aromatic N) is 3. The minimum atomic E-state index is -0.282. The molecule has 0 aliphatic carbocycles. The van der Waals surface area contributed by atoms with E-state index in [0.29, 0.717) is 37.4 Å². The number of primary amides is 1. The third-order valence-corrected chi connectivity index (χ3v) is 7.13. The largest absolute Gasteiger partial charge is 0.497 e. The second kappa shape index (κ2) is 9.52. The molecular weight excluding hydrogens is 426 g/mol. The summed E-state index contributed by atoms with van der Waals surface area (Å²) in [7, 11) is 1.66. The minimum Gasteiger partial charge on any atom is -0.497 e. The maximum Gasteiger partial charge on any atom is 0.264 e. The zero-order valence-electron chi connectivity index (χ0n) is 18.3. The van der Waals surface area contributed by atoms with E-state index >= 15 is 0 Å². The predicted molar refractivity (Wildman–Crippen MR) is 125 cm³/mol. The Kier molecular flexibility index (Phi) is 6.55. The average molecular weight is 454 g/mol. The van der Waals surface area contributed by atoms with E-state index < -0.39 is 0 Å². The standard InChI is InChI=1S/C23H27N5O3S/c1-14-18-21(25-9-6-15-4-3-5-17(12-15)31-2)26-13-27-22(18)32-19(14)23(30)28-10-7-16(8-11-28)20(24)29/h3-5,12-13,16H,6-11H2,1-2H3,(H2,24,29)(H,25,26,27). The molecule has 3 heterocycles. The van der Waals surface area contributed by atoms with Crippen LogP contribution >= 0.6 is 11.3 Å². The van der Waals surface area contributed by atoms with Crippen molar-refractivity contribution in [3.05, 3.63) is 46.6 Å². The van der Waals surface area contributed by atoms with E-state index in [1.807, 2.05) is 25.1 Å². The number of hydrogen-bond acceptors (Lipinski definition) is 7. The molecule has 2 amide bonds. The Hall–Kier alpha value is -3.20. The highest BCUT2D eigenvalue weighted by molar-refractivity contribution is 7.20. The van der Waals surface area contributed by atoms with Crippen molar-refractivity contribution >= 4 is 39.2 Å². The number of nitrogens with one attached hydrogen (secondary N) is 1. The number of anilines is 1. The summed E-state index contributed by atoms with van der Waals surface area (Å²) in [6, 6.07) is 7.98. The van der Waals surface area contributed by atoms with Gasteiger partial charge < -0.3 is 20.7 Å².